The van der Waals surface area contributed by atoms with E-state index >= 15 is 0 Å². The molecule has 0 spiro atoms. The molecule has 1 aliphatic heterocycles. The Hall–Kier alpha value is -2.93. The van der Waals surface area contributed by atoms with Crippen molar-refractivity contribution in [3.05, 3.63) is 65.0 Å². The second-order valence-corrected chi connectivity index (χ2v) is 7.44. The van der Waals surface area contributed by atoms with E-state index in [4.69, 9.17) is 5.26 Å². The number of benzene rings is 2. The predicted molar refractivity (Wildman–Crippen MR) is 110 cm³/mol. The number of hydrogen-bond donors (Lipinski definition) is 0. The molecule has 0 saturated heterocycles. The molecular weight excluding hydrogens is 337 g/mol. The Balaban J connectivity index is 1.99. The molecule has 3 nitrogen and oxygen atoms in total. The lowest BCUT2D eigenvalue weighted by Gasteiger charge is -2.43. The summed E-state index contributed by atoms with van der Waals surface area (Å²) in [6, 6.07) is 12.5. The Morgan fingerprint density at radius 2 is 1.93 bits per heavy atom. The van der Waals surface area contributed by atoms with Gasteiger partial charge in [-0.25, -0.2) is 4.39 Å². The Kier molecular flexibility index (Phi) is 5.14. The standard InChI is InChI=1S/C23H24FN3/c1-5-10-27-22-12-21(24)18(11-20(22)16(2)13-23(27,3)4)15-26-19-8-6-17(14-25)7-9-19/h6-9,11-13,15H,5,10H2,1-4H3. The zero-order valence-corrected chi connectivity index (χ0v) is 16.3. The summed E-state index contributed by atoms with van der Waals surface area (Å²) < 4.78 is 14.8. The van der Waals surface area contributed by atoms with Gasteiger partial charge in [-0.05, 0) is 69.2 Å². The van der Waals surface area contributed by atoms with Gasteiger partial charge in [-0.1, -0.05) is 13.0 Å². The highest BCUT2D eigenvalue weighted by Crippen LogP contribution is 2.40. The minimum Gasteiger partial charge on any atom is -0.362 e. The van der Waals surface area contributed by atoms with Gasteiger partial charge in [0, 0.05) is 29.6 Å². The Morgan fingerprint density at radius 3 is 2.56 bits per heavy atom. The molecule has 0 bridgehead atoms. The minimum atomic E-state index is -0.280. The third-order valence-electron chi connectivity index (χ3n) is 4.89. The van der Waals surface area contributed by atoms with E-state index in [-0.39, 0.29) is 11.4 Å². The van der Waals surface area contributed by atoms with Crippen LogP contribution in [0, 0.1) is 17.1 Å². The van der Waals surface area contributed by atoms with Crippen LogP contribution in [0.1, 0.15) is 50.8 Å². The van der Waals surface area contributed by atoms with Crippen molar-refractivity contribution in [3.63, 3.8) is 0 Å². The van der Waals surface area contributed by atoms with E-state index in [1.165, 1.54) is 0 Å². The SMILES string of the molecule is CCCN1c2cc(F)c(C=Nc3ccc(C#N)cc3)cc2C(C)=CC1(C)C. The van der Waals surface area contributed by atoms with E-state index in [2.05, 4.69) is 49.7 Å². The molecule has 0 aromatic heterocycles. The fourth-order valence-electron chi connectivity index (χ4n) is 3.61. The summed E-state index contributed by atoms with van der Waals surface area (Å²) in [6.45, 7) is 9.40. The summed E-state index contributed by atoms with van der Waals surface area (Å²) in [5.74, 6) is -0.280. The van der Waals surface area contributed by atoms with Crippen molar-refractivity contribution in [1.29, 1.82) is 5.26 Å². The number of nitriles is 1. The molecule has 0 atom stereocenters. The lowest BCUT2D eigenvalue weighted by atomic mass is 9.87. The van der Waals surface area contributed by atoms with Crippen LogP contribution in [0.3, 0.4) is 0 Å². The largest absolute Gasteiger partial charge is 0.362 e. The van der Waals surface area contributed by atoms with Crippen LogP contribution in [0.4, 0.5) is 15.8 Å². The highest BCUT2D eigenvalue weighted by atomic mass is 19.1. The van der Waals surface area contributed by atoms with Gasteiger partial charge < -0.3 is 4.90 Å². The minimum absolute atomic E-state index is 0.141. The molecule has 0 unspecified atom stereocenters. The van der Waals surface area contributed by atoms with Crippen molar-refractivity contribution in [2.75, 3.05) is 11.4 Å². The van der Waals surface area contributed by atoms with Crippen LogP contribution in [0.2, 0.25) is 0 Å². The quantitative estimate of drug-likeness (QED) is 0.640. The topological polar surface area (TPSA) is 39.4 Å². The molecule has 2 aromatic carbocycles. The highest BCUT2D eigenvalue weighted by Gasteiger charge is 2.31. The first-order valence-electron chi connectivity index (χ1n) is 9.21. The van der Waals surface area contributed by atoms with Gasteiger partial charge in [-0.2, -0.15) is 5.26 Å². The maximum Gasteiger partial charge on any atom is 0.134 e. The number of nitrogens with zero attached hydrogens (tertiary/aromatic N) is 3. The highest BCUT2D eigenvalue weighted by molar-refractivity contribution is 5.89. The van der Waals surface area contributed by atoms with Gasteiger partial charge in [0.25, 0.3) is 0 Å². The summed E-state index contributed by atoms with van der Waals surface area (Å²) >= 11 is 0. The van der Waals surface area contributed by atoms with Crippen LogP contribution in [-0.2, 0) is 0 Å². The van der Waals surface area contributed by atoms with E-state index in [0.29, 0.717) is 16.8 Å². The number of rotatable bonds is 4. The maximum absolute atomic E-state index is 14.8. The van der Waals surface area contributed by atoms with E-state index in [1.807, 2.05) is 6.07 Å². The lowest BCUT2D eigenvalue weighted by Crippen LogP contribution is -2.45. The molecule has 0 aliphatic carbocycles. The van der Waals surface area contributed by atoms with E-state index in [9.17, 15) is 4.39 Å². The number of aliphatic imine (C=N–C) groups is 1. The van der Waals surface area contributed by atoms with E-state index in [1.54, 1.807) is 36.5 Å². The van der Waals surface area contributed by atoms with Gasteiger partial charge in [0.05, 0.1) is 22.9 Å². The zero-order valence-electron chi connectivity index (χ0n) is 16.3. The summed E-state index contributed by atoms with van der Waals surface area (Å²) in [4.78, 5) is 6.63. The third-order valence-corrected chi connectivity index (χ3v) is 4.89. The van der Waals surface area contributed by atoms with Gasteiger partial charge in [-0.3, -0.25) is 4.99 Å². The first-order valence-corrected chi connectivity index (χ1v) is 9.21. The Labute approximate surface area is 160 Å². The molecule has 1 heterocycles. The first-order chi connectivity index (χ1) is 12.9. The zero-order chi connectivity index (χ0) is 19.6. The predicted octanol–water partition coefficient (Wildman–Crippen LogP) is 5.86. The number of anilines is 1. The molecule has 0 saturated carbocycles. The normalized spacial score (nSPS) is 15.4. The van der Waals surface area contributed by atoms with Crippen LogP contribution >= 0.6 is 0 Å². The Bertz CT molecular complexity index is 947. The van der Waals surface area contributed by atoms with Gasteiger partial charge in [0.2, 0.25) is 0 Å². The van der Waals surface area contributed by atoms with E-state index < -0.39 is 0 Å². The van der Waals surface area contributed by atoms with Crippen LogP contribution < -0.4 is 4.90 Å². The fraction of sp³-hybridized carbons (Fsp3) is 0.304. The van der Waals surface area contributed by atoms with Crippen molar-refractivity contribution in [1.82, 2.24) is 0 Å². The number of fused-ring (bicyclic) bond motifs is 1. The van der Waals surface area contributed by atoms with Crippen LogP contribution in [-0.4, -0.2) is 18.3 Å². The number of halogens is 1. The van der Waals surface area contributed by atoms with Crippen molar-refractivity contribution < 1.29 is 4.39 Å². The molecule has 27 heavy (non-hydrogen) atoms. The van der Waals surface area contributed by atoms with Crippen molar-refractivity contribution >= 4 is 23.2 Å². The number of allylic oxidation sites excluding steroid dienone is 1. The Morgan fingerprint density at radius 1 is 1.22 bits per heavy atom. The lowest BCUT2D eigenvalue weighted by molar-refractivity contribution is 0.546. The molecule has 3 rings (SSSR count). The monoisotopic (exact) mass is 361 g/mol. The van der Waals surface area contributed by atoms with Gasteiger partial charge in [0.1, 0.15) is 5.82 Å². The number of hydrogen-bond acceptors (Lipinski definition) is 3. The summed E-state index contributed by atoms with van der Waals surface area (Å²) in [5.41, 5.74) is 4.72. The van der Waals surface area contributed by atoms with Crippen LogP contribution in [0.25, 0.3) is 5.57 Å². The van der Waals surface area contributed by atoms with Crippen molar-refractivity contribution in [2.24, 2.45) is 4.99 Å². The molecule has 0 amide bonds. The molecule has 0 radical (unpaired) electrons. The second kappa shape index (κ2) is 7.36. The summed E-state index contributed by atoms with van der Waals surface area (Å²) in [7, 11) is 0. The van der Waals surface area contributed by atoms with Gasteiger partial charge >= 0.3 is 0 Å². The van der Waals surface area contributed by atoms with Crippen LogP contribution in [0.5, 0.6) is 0 Å². The molecule has 0 N–H and O–H groups in total. The van der Waals surface area contributed by atoms with Gasteiger partial charge in [0.15, 0.2) is 0 Å². The molecule has 1 aliphatic rings. The average Bonchev–Trinajstić information content (AvgIpc) is 2.64. The molecular formula is C23H24FN3. The van der Waals surface area contributed by atoms with Crippen molar-refractivity contribution in [2.45, 2.75) is 39.7 Å². The summed E-state index contributed by atoms with van der Waals surface area (Å²) in [6.07, 6.45) is 4.79. The fourth-order valence-corrected chi connectivity index (χ4v) is 3.61. The second-order valence-electron chi connectivity index (χ2n) is 7.44. The van der Waals surface area contributed by atoms with Crippen molar-refractivity contribution in [3.8, 4) is 6.07 Å². The molecule has 0 fully saturated rings. The average molecular weight is 361 g/mol. The maximum atomic E-state index is 14.8. The smallest absolute Gasteiger partial charge is 0.134 e. The molecule has 2 aromatic rings. The van der Waals surface area contributed by atoms with E-state index in [0.717, 1.165) is 29.8 Å². The van der Waals surface area contributed by atoms with Crippen LogP contribution in [0.15, 0.2) is 47.5 Å². The van der Waals surface area contributed by atoms with Gasteiger partial charge in [-0.15, -0.1) is 0 Å². The molecule has 4 heteroatoms. The summed E-state index contributed by atoms with van der Waals surface area (Å²) in [5, 5.41) is 8.86. The first kappa shape index (κ1) is 18.8. The molecule has 138 valence electrons. The third kappa shape index (κ3) is 3.78.